The summed E-state index contributed by atoms with van der Waals surface area (Å²) in [7, 11) is 3.44. The van der Waals surface area contributed by atoms with E-state index >= 15 is 0 Å². The molecule has 0 spiro atoms. The number of fused-ring (bicyclic) bond motifs is 1. The molecule has 3 aromatic rings. The lowest BCUT2D eigenvalue weighted by Crippen LogP contribution is -2.51. The van der Waals surface area contributed by atoms with E-state index in [4.69, 9.17) is 4.74 Å². The SMILES string of the molecule is CCOc1ccc(-c2cc3[nH]c(CN4CCN(C(=O)N(C)C)CC4)nc3c(C#N)n2)cc1C(F)(F)F. The molecule has 1 N–H and O–H groups in total. The summed E-state index contributed by atoms with van der Waals surface area (Å²) >= 11 is 0. The Hall–Kier alpha value is -3.85. The third-order valence-electron chi connectivity index (χ3n) is 5.90. The van der Waals surface area contributed by atoms with Crippen LogP contribution in [0.5, 0.6) is 5.75 Å². The second-order valence-corrected chi connectivity index (χ2v) is 8.63. The first-order valence-electron chi connectivity index (χ1n) is 11.4. The summed E-state index contributed by atoms with van der Waals surface area (Å²) in [5.41, 5.74) is 0.420. The molecular weight excluding hydrogens is 475 g/mol. The molecular formula is C24H26F3N7O2. The molecule has 2 aromatic heterocycles. The number of nitriles is 1. The molecule has 1 aromatic carbocycles. The maximum atomic E-state index is 13.6. The van der Waals surface area contributed by atoms with Crippen LogP contribution in [0.25, 0.3) is 22.3 Å². The highest BCUT2D eigenvalue weighted by molar-refractivity contribution is 5.84. The van der Waals surface area contributed by atoms with Crippen LogP contribution in [0.2, 0.25) is 0 Å². The summed E-state index contributed by atoms with van der Waals surface area (Å²) in [6, 6.07) is 7.29. The van der Waals surface area contributed by atoms with Crippen molar-refractivity contribution in [3.8, 4) is 23.1 Å². The lowest BCUT2D eigenvalue weighted by Gasteiger charge is -2.35. The first-order valence-corrected chi connectivity index (χ1v) is 11.4. The Kier molecular flexibility index (Phi) is 7.03. The van der Waals surface area contributed by atoms with Crippen LogP contribution in [0.15, 0.2) is 24.3 Å². The second kappa shape index (κ2) is 10.0. The van der Waals surface area contributed by atoms with Crippen LogP contribution in [-0.4, -0.2) is 82.6 Å². The van der Waals surface area contributed by atoms with Crippen molar-refractivity contribution in [2.24, 2.45) is 0 Å². The van der Waals surface area contributed by atoms with Crippen LogP contribution in [0, 0.1) is 11.3 Å². The Labute approximate surface area is 206 Å². The second-order valence-electron chi connectivity index (χ2n) is 8.63. The van der Waals surface area contributed by atoms with Gasteiger partial charge in [-0.25, -0.2) is 14.8 Å². The first-order chi connectivity index (χ1) is 17.1. The van der Waals surface area contributed by atoms with Crippen molar-refractivity contribution in [3.05, 3.63) is 41.3 Å². The summed E-state index contributed by atoms with van der Waals surface area (Å²) < 4.78 is 45.9. The number of carbonyl (C=O) groups excluding carboxylic acids is 1. The van der Waals surface area contributed by atoms with E-state index in [9.17, 15) is 23.2 Å². The number of amides is 2. The van der Waals surface area contributed by atoms with Gasteiger partial charge in [-0.3, -0.25) is 4.90 Å². The van der Waals surface area contributed by atoms with Crippen molar-refractivity contribution in [3.63, 3.8) is 0 Å². The summed E-state index contributed by atoms with van der Waals surface area (Å²) in [6.45, 7) is 4.69. The highest BCUT2D eigenvalue weighted by Crippen LogP contribution is 2.39. The average molecular weight is 502 g/mol. The molecule has 0 radical (unpaired) electrons. The molecule has 3 heterocycles. The van der Waals surface area contributed by atoms with E-state index < -0.39 is 11.7 Å². The Morgan fingerprint density at radius 1 is 1.19 bits per heavy atom. The monoisotopic (exact) mass is 501 g/mol. The number of rotatable bonds is 5. The molecule has 0 saturated carbocycles. The Morgan fingerprint density at radius 3 is 2.53 bits per heavy atom. The van der Waals surface area contributed by atoms with Crippen molar-refractivity contribution in [2.75, 3.05) is 46.9 Å². The van der Waals surface area contributed by atoms with Gasteiger partial charge in [0.05, 0.1) is 29.9 Å². The van der Waals surface area contributed by atoms with Gasteiger partial charge in [-0.15, -0.1) is 0 Å². The smallest absolute Gasteiger partial charge is 0.419 e. The Balaban J connectivity index is 1.60. The Bertz CT molecular complexity index is 1310. The average Bonchev–Trinajstić information content (AvgIpc) is 3.25. The molecule has 9 nitrogen and oxygen atoms in total. The van der Waals surface area contributed by atoms with Gasteiger partial charge in [-0.05, 0) is 31.2 Å². The van der Waals surface area contributed by atoms with E-state index in [-0.39, 0.29) is 35.3 Å². The van der Waals surface area contributed by atoms with Crippen molar-refractivity contribution in [1.82, 2.24) is 29.7 Å². The van der Waals surface area contributed by atoms with Gasteiger partial charge in [0.15, 0.2) is 5.69 Å². The number of aromatic nitrogens is 3. The van der Waals surface area contributed by atoms with Gasteiger partial charge in [0.1, 0.15) is 23.2 Å². The highest BCUT2D eigenvalue weighted by Gasteiger charge is 2.35. The number of aromatic amines is 1. The molecule has 1 aliphatic heterocycles. The van der Waals surface area contributed by atoms with E-state index in [1.54, 1.807) is 36.9 Å². The lowest BCUT2D eigenvalue weighted by atomic mass is 10.1. The molecule has 1 fully saturated rings. The molecule has 1 saturated heterocycles. The third kappa shape index (κ3) is 5.21. The van der Waals surface area contributed by atoms with Crippen LogP contribution >= 0.6 is 0 Å². The fourth-order valence-corrected chi connectivity index (χ4v) is 4.15. The number of alkyl halides is 3. The van der Waals surface area contributed by atoms with Crippen LogP contribution in [0.4, 0.5) is 18.0 Å². The number of ether oxygens (including phenoxy) is 1. The fraction of sp³-hybridized carbons (Fsp3) is 0.417. The predicted molar refractivity (Wildman–Crippen MR) is 126 cm³/mol. The van der Waals surface area contributed by atoms with Gasteiger partial charge < -0.3 is 19.5 Å². The number of halogens is 3. The van der Waals surface area contributed by atoms with E-state index in [1.807, 2.05) is 6.07 Å². The van der Waals surface area contributed by atoms with Gasteiger partial charge in [0, 0.05) is 45.8 Å². The number of H-pyrrole nitrogens is 1. The molecule has 0 atom stereocenters. The van der Waals surface area contributed by atoms with E-state index in [0.717, 1.165) is 6.07 Å². The molecule has 2 amide bonds. The molecule has 4 rings (SSSR count). The summed E-state index contributed by atoms with van der Waals surface area (Å²) in [5.74, 6) is 0.349. The zero-order valence-electron chi connectivity index (χ0n) is 20.2. The summed E-state index contributed by atoms with van der Waals surface area (Å²) in [5, 5.41) is 9.64. The summed E-state index contributed by atoms with van der Waals surface area (Å²) in [4.78, 5) is 29.6. The number of benzene rings is 1. The van der Waals surface area contributed by atoms with Crippen LogP contribution < -0.4 is 4.74 Å². The number of nitrogens with zero attached hydrogens (tertiary/aromatic N) is 6. The van der Waals surface area contributed by atoms with Crippen molar-refractivity contribution >= 4 is 17.1 Å². The van der Waals surface area contributed by atoms with Crippen LogP contribution in [-0.2, 0) is 12.7 Å². The number of nitrogens with one attached hydrogen (secondary N) is 1. The van der Waals surface area contributed by atoms with Gasteiger partial charge in [-0.1, -0.05) is 0 Å². The third-order valence-corrected chi connectivity index (χ3v) is 5.90. The number of piperazine rings is 1. The molecule has 12 heteroatoms. The van der Waals surface area contributed by atoms with Crippen LogP contribution in [0.1, 0.15) is 24.0 Å². The molecule has 0 bridgehead atoms. The number of hydrogen-bond donors (Lipinski definition) is 1. The number of hydrogen-bond acceptors (Lipinski definition) is 6. The van der Waals surface area contributed by atoms with Gasteiger partial charge in [0.25, 0.3) is 0 Å². The zero-order valence-corrected chi connectivity index (χ0v) is 20.2. The van der Waals surface area contributed by atoms with Crippen LogP contribution in [0.3, 0.4) is 0 Å². The number of urea groups is 1. The quantitative estimate of drug-likeness (QED) is 0.572. The zero-order chi connectivity index (χ0) is 26.0. The highest BCUT2D eigenvalue weighted by atomic mass is 19.4. The predicted octanol–water partition coefficient (Wildman–Crippen LogP) is 3.71. The maximum absolute atomic E-state index is 13.6. The fourth-order valence-electron chi connectivity index (χ4n) is 4.15. The van der Waals surface area contributed by atoms with Crippen molar-refractivity contribution < 1.29 is 22.7 Å². The standard InChI is InChI=1S/C24H26F3N7O2/c1-4-36-20-6-5-15(11-16(20)24(25,26)27)17-12-18-22(19(13-28)29-17)31-21(30-18)14-33-7-9-34(10-8-33)23(35)32(2)3/h5-6,11-12H,4,7-10,14H2,1-3H3,(H,30,31). The Morgan fingerprint density at radius 2 is 1.92 bits per heavy atom. The molecule has 36 heavy (non-hydrogen) atoms. The van der Waals surface area contributed by atoms with E-state index in [1.165, 1.54) is 12.1 Å². The topological polar surface area (TPSA) is 101 Å². The molecule has 0 unspecified atom stereocenters. The minimum absolute atomic E-state index is 0.0221. The normalized spacial score (nSPS) is 14.6. The lowest BCUT2D eigenvalue weighted by molar-refractivity contribution is -0.138. The van der Waals surface area contributed by atoms with E-state index in [2.05, 4.69) is 19.9 Å². The minimum Gasteiger partial charge on any atom is -0.493 e. The first kappa shape index (κ1) is 25.2. The number of imidazole rings is 1. The van der Waals surface area contributed by atoms with E-state index in [0.29, 0.717) is 49.6 Å². The van der Waals surface area contributed by atoms with Gasteiger partial charge >= 0.3 is 12.2 Å². The molecule has 190 valence electrons. The van der Waals surface area contributed by atoms with Crippen molar-refractivity contribution in [2.45, 2.75) is 19.6 Å². The maximum Gasteiger partial charge on any atom is 0.419 e. The van der Waals surface area contributed by atoms with Crippen molar-refractivity contribution in [1.29, 1.82) is 5.26 Å². The minimum atomic E-state index is -4.61. The molecule has 1 aliphatic rings. The van der Waals surface area contributed by atoms with Gasteiger partial charge in [0.2, 0.25) is 0 Å². The number of carbonyl (C=O) groups is 1. The molecule has 0 aliphatic carbocycles. The number of pyridine rings is 1. The van der Waals surface area contributed by atoms with Gasteiger partial charge in [-0.2, -0.15) is 18.4 Å². The summed E-state index contributed by atoms with van der Waals surface area (Å²) in [6.07, 6.45) is -4.61. The largest absolute Gasteiger partial charge is 0.493 e.